The Balaban J connectivity index is 1.81. The van der Waals surface area contributed by atoms with Crippen LogP contribution >= 0.6 is 0 Å². The van der Waals surface area contributed by atoms with Gasteiger partial charge in [-0.05, 0) is 38.0 Å². The highest BCUT2D eigenvalue weighted by Crippen LogP contribution is 2.30. The van der Waals surface area contributed by atoms with Crippen LogP contribution in [0.5, 0.6) is 0 Å². The first-order valence-corrected chi connectivity index (χ1v) is 6.82. The summed E-state index contributed by atoms with van der Waals surface area (Å²) in [6.07, 6.45) is 9.51. The molecule has 0 aliphatic heterocycles. The number of hydrogen-bond donors (Lipinski definition) is 2. The largest absolute Gasteiger partial charge is 0.481 e. The molecule has 5 heteroatoms. The summed E-state index contributed by atoms with van der Waals surface area (Å²) in [4.78, 5) is 24.6. The molecular formula is C14H20N2O3. The van der Waals surface area contributed by atoms with Crippen molar-refractivity contribution in [3.05, 3.63) is 0 Å². The highest BCUT2D eigenvalue weighted by molar-refractivity contribution is 5.75. The highest BCUT2D eigenvalue weighted by Gasteiger charge is 2.32. The van der Waals surface area contributed by atoms with Crippen molar-refractivity contribution >= 4 is 12.0 Å². The maximum absolute atomic E-state index is 12.1. The van der Waals surface area contributed by atoms with Crippen LogP contribution in [0.4, 0.5) is 4.79 Å². The molecule has 2 unspecified atom stereocenters. The molecule has 2 aliphatic carbocycles. The van der Waals surface area contributed by atoms with Gasteiger partial charge in [0.2, 0.25) is 0 Å². The Labute approximate surface area is 113 Å². The number of hydrogen-bond acceptors (Lipinski definition) is 2. The van der Waals surface area contributed by atoms with E-state index >= 15 is 0 Å². The molecule has 0 spiro atoms. The number of amides is 2. The van der Waals surface area contributed by atoms with Crippen LogP contribution in [0.1, 0.15) is 32.1 Å². The Morgan fingerprint density at radius 2 is 2.05 bits per heavy atom. The van der Waals surface area contributed by atoms with E-state index in [1.54, 1.807) is 4.90 Å². The standard InChI is InChI=1S/C14H20N2O3/c1-2-7-16(9-10-3-4-10)14(19)15-12-6-5-11(8-12)13(17)18/h1,10-12H,3-9H2,(H,15,19)(H,17,18). The lowest BCUT2D eigenvalue weighted by molar-refractivity contribution is -0.141. The van der Waals surface area contributed by atoms with Crippen molar-refractivity contribution in [2.24, 2.45) is 11.8 Å². The summed E-state index contributed by atoms with van der Waals surface area (Å²) in [5.41, 5.74) is 0. The zero-order valence-corrected chi connectivity index (χ0v) is 11.0. The topological polar surface area (TPSA) is 69.6 Å². The lowest BCUT2D eigenvalue weighted by atomic mass is 10.1. The minimum atomic E-state index is -0.768. The van der Waals surface area contributed by atoms with E-state index in [4.69, 9.17) is 11.5 Å². The number of carboxylic acids is 1. The number of rotatable bonds is 5. The van der Waals surface area contributed by atoms with E-state index in [9.17, 15) is 9.59 Å². The predicted octanol–water partition coefficient (Wildman–Crippen LogP) is 1.29. The molecule has 2 rings (SSSR count). The fourth-order valence-corrected chi connectivity index (χ4v) is 2.54. The Morgan fingerprint density at radius 1 is 1.32 bits per heavy atom. The number of nitrogens with zero attached hydrogens (tertiary/aromatic N) is 1. The molecule has 2 fully saturated rings. The van der Waals surface area contributed by atoms with Crippen LogP contribution in [0.2, 0.25) is 0 Å². The third kappa shape index (κ3) is 3.88. The summed E-state index contributed by atoms with van der Waals surface area (Å²) in [7, 11) is 0. The summed E-state index contributed by atoms with van der Waals surface area (Å²) in [5.74, 6) is 2.00. The Hall–Kier alpha value is -1.70. The number of terminal acetylenes is 1. The van der Waals surface area contributed by atoms with Crippen LogP contribution in [-0.2, 0) is 4.79 Å². The van der Waals surface area contributed by atoms with E-state index in [0.29, 0.717) is 31.8 Å². The summed E-state index contributed by atoms with van der Waals surface area (Å²) in [6.45, 7) is 1.03. The summed E-state index contributed by atoms with van der Waals surface area (Å²) < 4.78 is 0. The van der Waals surface area contributed by atoms with Gasteiger partial charge in [-0.15, -0.1) is 6.42 Å². The van der Waals surface area contributed by atoms with Gasteiger partial charge < -0.3 is 15.3 Å². The molecule has 2 N–H and O–H groups in total. The molecule has 0 bridgehead atoms. The molecule has 2 aliphatic rings. The van der Waals surface area contributed by atoms with E-state index in [1.165, 1.54) is 12.8 Å². The number of carbonyl (C=O) groups is 2. The van der Waals surface area contributed by atoms with Gasteiger partial charge in [0.25, 0.3) is 0 Å². The normalized spacial score (nSPS) is 25.6. The van der Waals surface area contributed by atoms with Crippen molar-refractivity contribution in [3.63, 3.8) is 0 Å². The van der Waals surface area contributed by atoms with E-state index in [2.05, 4.69) is 11.2 Å². The maximum atomic E-state index is 12.1. The van der Waals surface area contributed by atoms with Gasteiger partial charge in [-0.2, -0.15) is 0 Å². The second-order valence-corrected chi connectivity index (χ2v) is 5.52. The van der Waals surface area contributed by atoms with Crippen molar-refractivity contribution in [3.8, 4) is 12.3 Å². The van der Waals surface area contributed by atoms with Crippen LogP contribution in [0.3, 0.4) is 0 Å². The SMILES string of the molecule is C#CCN(CC1CC1)C(=O)NC1CCC(C(=O)O)C1. The van der Waals surface area contributed by atoms with Gasteiger partial charge in [-0.25, -0.2) is 4.79 Å². The molecule has 0 aromatic rings. The monoisotopic (exact) mass is 264 g/mol. The van der Waals surface area contributed by atoms with Crippen LogP contribution in [0.15, 0.2) is 0 Å². The van der Waals surface area contributed by atoms with Crippen LogP contribution in [0, 0.1) is 24.2 Å². The summed E-state index contributed by atoms with van der Waals surface area (Å²) in [5, 5.41) is 11.8. The number of aliphatic carboxylic acids is 1. The van der Waals surface area contributed by atoms with Gasteiger partial charge >= 0.3 is 12.0 Å². The molecule has 2 saturated carbocycles. The van der Waals surface area contributed by atoms with Crippen molar-refractivity contribution < 1.29 is 14.7 Å². The molecule has 0 aromatic heterocycles. The second-order valence-electron chi connectivity index (χ2n) is 5.52. The molecule has 2 amide bonds. The second kappa shape index (κ2) is 5.96. The molecule has 5 nitrogen and oxygen atoms in total. The van der Waals surface area contributed by atoms with Gasteiger partial charge in [0, 0.05) is 12.6 Å². The number of nitrogens with one attached hydrogen (secondary N) is 1. The van der Waals surface area contributed by atoms with E-state index in [-0.39, 0.29) is 18.0 Å². The van der Waals surface area contributed by atoms with Gasteiger partial charge in [0.1, 0.15) is 0 Å². The van der Waals surface area contributed by atoms with Crippen LogP contribution < -0.4 is 5.32 Å². The lowest BCUT2D eigenvalue weighted by Gasteiger charge is -2.23. The highest BCUT2D eigenvalue weighted by atomic mass is 16.4. The maximum Gasteiger partial charge on any atom is 0.318 e. The van der Waals surface area contributed by atoms with Gasteiger partial charge in [-0.1, -0.05) is 5.92 Å². The molecule has 104 valence electrons. The van der Waals surface area contributed by atoms with Gasteiger partial charge in [0.05, 0.1) is 12.5 Å². The van der Waals surface area contributed by atoms with Crippen molar-refractivity contribution in [1.29, 1.82) is 0 Å². The minimum Gasteiger partial charge on any atom is -0.481 e. The van der Waals surface area contributed by atoms with Crippen molar-refractivity contribution in [2.75, 3.05) is 13.1 Å². The number of carbonyl (C=O) groups excluding carboxylic acids is 1. The van der Waals surface area contributed by atoms with Gasteiger partial charge in [-0.3, -0.25) is 4.79 Å². The summed E-state index contributed by atoms with van der Waals surface area (Å²) in [6, 6.07) is -0.186. The fraction of sp³-hybridized carbons (Fsp3) is 0.714. The van der Waals surface area contributed by atoms with E-state index < -0.39 is 5.97 Å². The van der Waals surface area contributed by atoms with Gasteiger partial charge in [0.15, 0.2) is 0 Å². The average Bonchev–Trinajstić information content (AvgIpc) is 3.05. The number of urea groups is 1. The Bertz CT molecular complexity index is 398. The third-order valence-electron chi connectivity index (χ3n) is 3.85. The summed E-state index contributed by atoms with van der Waals surface area (Å²) >= 11 is 0. The molecule has 0 aromatic carbocycles. The van der Waals surface area contributed by atoms with E-state index in [0.717, 1.165) is 6.42 Å². The molecule has 0 heterocycles. The molecule has 0 saturated heterocycles. The molecule has 19 heavy (non-hydrogen) atoms. The molecule has 2 atom stereocenters. The third-order valence-corrected chi connectivity index (χ3v) is 3.85. The Morgan fingerprint density at radius 3 is 2.58 bits per heavy atom. The van der Waals surface area contributed by atoms with Crippen molar-refractivity contribution in [2.45, 2.75) is 38.1 Å². The lowest BCUT2D eigenvalue weighted by Crippen LogP contribution is -2.45. The van der Waals surface area contributed by atoms with E-state index in [1.807, 2.05) is 0 Å². The Kier molecular flexibility index (Phi) is 4.31. The first-order valence-electron chi connectivity index (χ1n) is 6.82. The average molecular weight is 264 g/mol. The molecule has 0 radical (unpaired) electrons. The minimum absolute atomic E-state index is 0.0342. The predicted molar refractivity (Wildman–Crippen MR) is 70.4 cm³/mol. The fourth-order valence-electron chi connectivity index (χ4n) is 2.54. The zero-order chi connectivity index (χ0) is 13.8. The quantitative estimate of drug-likeness (QED) is 0.735. The smallest absolute Gasteiger partial charge is 0.318 e. The first-order chi connectivity index (χ1) is 9.10. The zero-order valence-electron chi connectivity index (χ0n) is 11.0. The van der Waals surface area contributed by atoms with Crippen molar-refractivity contribution in [1.82, 2.24) is 10.2 Å². The van der Waals surface area contributed by atoms with Crippen LogP contribution in [0.25, 0.3) is 0 Å². The molecular weight excluding hydrogens is 244 g/mol. The number of carboxylic acid groups (broad SMARTS) is 1. The van der Waals surface area contributed by atoms with Crippen LogP contribution in [-0.4, -0.2) is 41.1 Å². The first kappa shape index (κ1) is 13.7.